The van der Waals surface area contributed by atoms with Gasteiger partial charge in [0.15, 0.2) is 0 Å². The van der Waals surface area contributed by atoms with Crippen LogP contribution in [0, 0.1) is 5.92 Å². The minimum atomic E-state index is -0.187. The second kappa shape index (κ2) is 7.09. The summed E-state index contributed by atoms with van der Waals surface area (Å²) in [6.07, 6.45) is 4.55. The largest absolute Gasteiger partial charge is 0.466 e. The summed E-state index contributed by atoms with van der Waals surface area (Å²) < 4.78 is 9.86. The van der Waals surface area contributed by atoms with E-state index in [0.717, 1.165) is 18.4 Å². The van der Waals surface area contributed by atoms with Crippen molar-refractivity contribution in [1.29, 1.82) is 0 Å². The van der Waals surface area contributed by atoms with Crippen molar-refractivity contribution < 1.29 is 19.1 Å². The van der Waals surface area contributed by atoms with E-state index in [1.165, 1.54) is 0 Å². The Bertz CT molecular complexity index is 307. The molecular weight excluding hydrogens is 220 g/mol. The molecule has 0 saturated heterocycles. The molecule has 1 rings (SSSR count). The van der Waals surface area contributed by atoms with Crippen LogP contribution in [0.4, 0.5) is 0 Å². The van der Waals surface area contributed by atoms with Crippen LogP contribution in [0.25, 0.3) is 0 Å². The number of ether oxygens (including phenoxy) is 2. The van der Waals surface area contributed by atoms with E-state index in [-0.39, 0.29) is 17.9 Å². The first-order valence-corrected chi connectivity index (χ1v) is 6.17. The van der Waals surface area contributed by atoms with Gasteiger partial charge in [-0.25, -0.2) is 0 Å². The van der Waals surface area contributed by atoms with Crippen molar-refractivity contribution in [2.24, 2.45) is 5.92 Å². The molecule has 0 fully saturated rings. The summed E-state index contributed by atoms with van der Waals surface area (Å²) in [6, 6.07) is 0. The van der Waals surface area contributed by atoms with Crippen LogP contribution in [-0.2, 0) is 19.1 Å². The lowest BCUT2D eigenvalue weighted by atomic mass is 9.88. The standard InChI is InChI=1S/C13H20O4/c1-3-16-12(14)9-10-5-7-11(8-6-10)13(15)17-4-2/h5,11H,3-4,6-9H2,1-2H3. The van der Waals surface area contributed by atoms with E-state index in [9.17, 15) is 9.59 Å². The first-order valence-electron chi connectivity index (χ1n) is 6.17. The van der Waals surface area contributed by atoms with Gasteiger partial charge in [0.1, 0.15) is 0 Å². The number of carbonyl (C=O) groups is 2. The zero-order chi connectivity index (χ0) is 12.7. The molecule has 0 aromatic heterocycles. The minimum Gasteiger partial charge on any atom is -0.466 e. The molecule has 0 saturated carbocycles. The van der Waals surface area contributed by atoms with Gasteiger partial charge in [-0.2, -0.15) is 0 Å². The number of hydrogen-bond acceptors (Lipinski definition) is 4. The van der Waals surface area contributed by atoms with E-state index < -0.39 is 0 Å². The predicted molar refractivity (Wildman–Crippen MR) is 63.3 cm³/mol. The third kappa shape index (κ3) is 4.59. The van der Waals surface area contributed by atoms with Crippen LogP contribution < -0.4 is 0 Å². The van der Waals surface area contributed by atoms with Crippen LogP contribution in [0.3, 0.4) is 0 Å². The molecule has 0 bridgehead atoms. The highest BCUT2D eigenvalue weighted by molar-refractivity contribution is 5.74. The molecule has 1 unspecified atom stereocenters. The van der Waals surface area contributed by atoms with Crippen LogP contribution in [0.15, 0.2) is 11.6 Å². The van der Waals surface area contributed by atoms with Gasteiger partial charge in [0.25, 0.3) is 0 Å². The van der Waals surface area contributed by atoms with Crippen molar-refractivity contribution in [2.45, 2.75) is 39.5 Å². The summed E-state index contributed by atoms with van der Waals surface area (Å²) in [4.78, 5) is 22.8. The van der Waals surface area contributed by atoms with Crippen LogP contribution in [0.2, 0.25) is 0 Å². The second-order valence-corrected chi connectivity index (χ2v) is 4.07. The third-order valence-electron chi connectivity index (χ3n) is 2.80. The van der Waals surface area contributed by atoms with E-state index in [1.54, 1.807) is 6.92 Å². The van der Waals surface area contributed by atoms with Gasteiger partial charge in [-0.05, 0) is 33.1 Å². The van der Waals surface area contributed by atoms with Gasteiger partial charge in [0, 0.05) is 0 Å². The fourth-order valence-electron chi connectivity index (χ4n) is 1.92. The average molecular weight is 240 g/mol. The first kappa shape index (κ1) is 13.7. The summed E-state index contributed by atoms with van der Waals surface area (Å²) in [7, 11) is 0. The van der Waals surface area contributed by atoms with Gasteiger partial charge >= 0.3 is 11.9 Å². The van der Waals surface area contributed by atoms with Crippen molar-refractivity contribution >= 4 is 11.9 Å². The van der Waals surface area contributed by atoms with Gasteiger partial charge in [0.05, 0.1) is 25.6 Å². The molecule has 1 atom stereocenters. The van der Waals surface area contributed by atoms with Crippen molar-refractivity contribution in [3.05, 3.63) is 11.6 Å². The lowest BCUT2D eigenvalue weighted by molar-refractivity contribution is -0.148. The highest BCUT2D eigenvalue weighted by Crippen LogP contribution is 2.26. The molecule has 4 nitrogen and oxygen atoms in total. The number of rotatable bonds is 5. The van der Waals surface area contributed by atoms with Crippen molar-refractivity contribution in [3.8, 4) is 0 Å². The highest BCUT2D eigenvalue weighted by Gasteiger charge is 2.23. The molecule has 96 valence electrons. The summed E-state index contributed by atoms with van der Waals surface area (Å²) in [6.45, 7) is 4.44. The number of allylic oxidation sites excluding steroid dienone is 1. The van der Waals surface area contributed by atoms with Crippen LogP contribution in [0.1, 0.15) is 39.5 Å². The molecule has 1 aliphatic carbocycles. The molecule has 1 aliphatic rings. The quantitative estimate of drug-likeness (QED) is 0.546. The Morgan fingerprint density at radius 3 is 2.53 bits per heavy atom. The molecule has 17 heavy (non-hydrogen) atoms. The Morgan fingerprint density at radius 2 is 2.00 bits per heavy atom. The lowest BCUT2D eigenvalue weighted by Gasteiger charge is -2.19. The molecule has 0 N–H and O–H groups in total. The molecule has 0 aromatic carbocycles. The zero-order valence-corrected chi connectivity index (χ0v) is 10.5. The van der Waals surface area contributed by atoms with Gasteiger partial charge in [-0.1, -0.05) is 11.6 Å². The maximum Gasteiger partial charge on any atom is 0.309 e. The van der Waals surface area contributed by atoms with Crippen molar-refractivity contribution in [2.75, 3.05) is 13.2 Å². The summed E-state index contributed by atoms with van der Waals surface area (Å²) in [5, 5.41) is 0. The first-order chi connectivity index (χ1) is 8.17. The summed E-state index contributed by atoms with van der Waals surface area (Å²) in [5.41, 5.74) is 1.07. The Kier molecular flexibility index (Phi) is 5.73. The molecular formula is C13H20O4. The predicted octanol–water partition coefficient (Wildman–Crippen LogP) is 2.23. The van der Waals surface area contributed by atoms with Gasteiger partial charge in [-0.15, -0.1) is 0 Å². The Hall–Kier alpha value is -1.32. The molecule has 0 spiro atoms. The van der Waals surface area contributed by atoms with E-state index >= 15 is 0 Å². The van der Waals surface area contributed by atoms with Gasteiger partial charge in [-0.3, -0.25) is 9.59 Å². The van der Waals surface area contributed by atoms with Gasteiger partial charge < -0.3 is 9.47 Å². The number of esters is 2. The van der Waals surface area contributed by atoms with E-state index in [2.05, 4.69) is 0 Å². The molecule has 0 heterocycles. The Morgan fingerprint density at radius 1 is 1.29 bits per heavy atom. The summed E-state index contributed by atoms with van der Waals surface area (Å²) in [5.74, 6) is -0.354. The smallest absolute Gasteiger partial charge is 0.309 e. The molecule has 0 aromatic rings. The summed E-state index contributed by atoms with van der Waals surface area (Å²) >= 11 is 0. The average Bonchev–Trinajstić information content (AvgIpc) is 2.30. The zero-order valence-electron chi connectivity index (χ0n) is 10.5. The minimum absolute atomic E-state index is 0.0408. The van der Waals surface area contributed by atoms with E-state index in [4.69, 9.17) is 9.47 Å². The number of carbonyl (C=O) groups excluding carboxylic acids is 2. The van der Waals surface area contributed by atoms with Crippen molar-refractivity contribution in [3.63, 3.8) is 0 Å². The molecule has 0 amide bonds. The van der Waals surface area contributed by atoms with E-state index in [0.29, 0.717) is 26.1 Å². The normalized spacial score (nSPS) is 19.4. The SMILES string of the molecule is CCOC(=O)CC1=CCC(C(=O)OCC)CC1. The fraction of sp³-hybridized carbons (Fsp3) is 0.692. The Labute approximate surface area is 102 Å². The molecule has 4 heteroatoms. The maximum atomic E-state index is 11.5. The number of hydrogen-bond donors (Lipinski definition) is 0. The molecule has 0 radical (unpaired) electrons. The fourth-order valence-corrected chi connectivity index (χ4v) is 1.92. The topological polar surface area (TPSA) is 52.6 Å². The van der Waals surface area contributed by atoms with Gasteiger partial charge in [0.2, 0.25) is 0 Å². The lowest BCUT2D eigenvalue weighted by Crippen LogP contribution is -2.20. The monoisotopic (exact) mass is 240 g/mol. The third-order valence-corrected chi connectivity index (χ3v) is 2.80. The Balaban J connectivity index is 2.39. The maximum absolute atomic E-state index is 11.5. The van der Waals surface area contributed by atoms with Crippen LogP contribution in [-0.4, -0.2) is 25.2 Å². The van der Waals surface area contributed by atoms with E-state index in [1.807, 2.05) is 13.0 Å². The molecule has 0 aliphatic heterocycles. The highest BCUT2D eigenvalue weighted by atomic mass is 16.5. The van der Waals surface area contributed by atoms with Crippen molar-refractivity contribution in [1.82, 2.24) is 0 Å². The van der Waals surface area contributed by atoms with Crippen LogP contribution in [0.5, 0.6) is 0 Å². The second-order valence-electron chi connectivity index (χ2n) is 4.07. The van der Waals surface area contributed by atoms with Crippen LogP contribution >= 0.6 is 0 Å².